The molecule has 0 aromatic carbocycles. The first-order chi connectivity index (χ1) is 9.52. The van der Waals surface area contributed by atoms with Crippen LogP contribution in [0.4, 0.5) is 11.8 Å². The van der Waals surface area contributed by atoms with E-state index in [1.54, 1.807) is 7.11 Å². The summed E-state index contributed by atoms with van der Waals surface area (Å²) in [5.41, 5.74) is 12.3. The summed E-state index contributed by atoms with van der Waals surface area (Å²) in [7, 11) is 1.66. The maximum absolute atomic E-state index is 5.90. The zero-order chi connectivity index (χ0) is 14.7. The van der Waals surface area contributed by atoms with Crippen LogP contribution in [0.25, 0.3) is 0 Å². The Kier molecular flexibility index (Phi) is 4.12. The van der Waals surface area contributed by atoms with Gasteiger partial charge in [-0.1, -0.05) is 13.8 Å². The minimum Gasteiger partial charge on any atom is -0.497 e. The molecule has 1 aromatic rings. The predicted molar refractivity (Wildman–Crippen MR) is 77.7 cm³/mol. The van der Waals surface area contributed by atoms with Gasteiger partial charge in [0, 0.05) is 12.0 Å². The number of nitrogens with zero attached hydrogens (tertiary/aromatic N) is 2. The minimum absolute atomic E-state index is 0.133. The van der Waals surface area contributed by atoms with Gasteiger partial charge in [-0.2, -0.15) is 4.98 Å². The lowest BCUT2D eigenvalue weighted by Gasteiger charge is -2.23. The van der Waals surface area contributed by atoms with E-state index in [1.165, 1.54) is 6.20 Å². The standard InChI is InChI=1S/C14H20N4O2/c1-8(2)12-9(19-3)5-4-6-10(12)20-11-7-17-14(16)18-13(11)15/h5,7-8H,4,6H2,1-3H3,(H4,15,16,17,18). The van der Waals surface area contributed by atoms with Crippen molar-refractivity contribution in [2.24, 2.45) is 5.92 Å². The summed E-state index contributed by atoms with van der Waals surface area (Å²) in [6, 6.07) is 0. The van der Waals surface area contributed by atoms with Crippen molar-refractivity contribution in [2.45, 2.75) is 26.7 Å². The fourth-order valence-corrected chi connectivity index (χ4v) is 2.23. The monoisotopic (exact) mass is 276 g/mol. The number of methoxy groups -OCH3 is 1. The Bertz CT molecular complexity index is 564. The van der Waals surface area contributed by atoms with E-state index in [2.05, 4.69) is 29.9 Å². The molecular weight excluding hydrogens is 256 g/mol. The molecule has 4 N–H and O–H groups in total. The van der Waals surface area contributed by atoms with E-state index in [1.807, 2.05) is 0 Å². The number of aromatic nitrogens is 2. The molecule has 108 valence electrons. The minimum atomic E-state index is 0.133. The average Bonchev–Trinajstić information content (AvgIpc) is 2.41. The largest absolute Gasteiger partial charge is 0.497 e. The topological polar surface area (TPSA) is 96.3 Å². The molecule has 0 spiro atoms. The van der Waals surface area contributed by atoms with Crippen molar-refractivity contribution in [1.82, 2.24) is 9.97 Å². The Morgan fingerprint density at radius 3 is 2.65 bits per heavy atom. The molecule has 20 heavy (non-hydrogen) atoms. The quantitative estimate of drug-likeness (QED) is 0.875. The number of nitrogens with two attached hydrogens (primary N) is 2. The van der Waals surface area contributed by atoms with Gasteiger partial charge in [0.2, 0.25) is 5.95 Å². The van der Waals surface area contributed by atoms with E-state index in [9.17, 15) is 0 Å². The molecule has 1 heterocycles. The molecule has 0 fully saturated rings. The van der Waals surface area contributed by atoms with Crippen molar-refractivity contribution in [1.29, 1.82) is 0 Å². The summed E-state index contributed by atoms with van der Waals surface area (Å²) >= 11 is 0. The van der Waals surface area contributed by atoms with Crippen LogP contribution in [0.5, 0.6) is 5.75 Å². The van der Waals surface area contributed by atoms with E-state index in [4.69, 9.17) is 20.9 Å². The second-order valence-corrected chi connectivity index (χ2v) is 4.88. The molecule has 1 aliphatic carbocycles. The number of nitrogen functional groups attached to an aromatic ring is 2. The lowest BCUT2D eigenvalue weighted by Crippen LogP contribution is -2.13. The maximum atomic E-state index is 5.90. The highest BCUT2D eigenvalue weighted by Crippen LogP contribution is 2.33. The summed E-state index contributed by atoms with van der Waals surface area (Å²) in [6.45, 7) is 4.19. The zero-order valence-corrected chi connectivity index (χ0v) is 12.0. The molecule has 1 aromatic heterocycles. The fraction of sp³-hybridized carbons (Fsp3) is 0.429. The summed E-state index contributed by atoms with van der Waals surface area (Å²) in [6.07, 6.45) is 5.23. The number of allylic oxidation sites excluding steroid dienone is 3. The number of hydrogen-bond acceptors (Lipinski definition) is 6. The molecule has 0 bridgehead atoms. The normalized spacial score (nSPS) is 15.3. The van der Waals surface area contributed by atoms with Crippen molar-refractivity contribution in [2.75, 3.05) is 18.6 Å². The van der Waals surface area contributed by atoms with Gasteiger partial charge in [0.15, 0.2) is 11.6 Å². The van der Waals surface area contributed by atoms with Crippen LogP contribution in [0, 0.1) is 5.92 Å². The maximum Gasteiger partial charge on any atom is 0.222 e. The van der Waals surface area contributed by atoms with Gasteiger partial charge in [0.25, 0.3) is 0 Å². The Labute approximate surface area is 118 Å². The van der Waals surface area contributed by atoms with Crippen LogP contribution in [-0.4, -0.2) is 17.1 Å². The van der Waals surface area contributed by atoms with Gasteiger partial charge in [0.05, 0.1) is 13.3 Å². The van der Waals surface area contributed by atoms with Gasteiger partial charge in [0.1, 0.15) is 11.5 Å². The smallest absolute Gasteiger partial charge is 0.222 e. The Morgan fingerprint density at radius 2 is 2.05 bits per heavy atom. The van der Waals surface area contributed by atoms with E-state index in [0.29, 0.717) is 5.75 Å². The van der Waals surface area contributed by atoms with Crippen molar-refractivity contribution < 1.29 is 9.47 Å². The van der Waals surface area contributed by atoms with Crippen molar-refractivity contribution in [3.8, 4) is 5.75 Å². The molecular formula is C14H20N4O2. The number of rotatable bonds is 4. The Hall–Kier alpha value is -2.24. The summed E-state index contributed by atoms with van der Waals surface area (Å²) < 4.78 is 11.3. The van der Waals surface area contributed by atoms with Crippen molar-refractivity contribution >= 4 is 11.8 Å². The molecule has 0 radical (unpaired) electrons. The van der Waals surface area contributed by atoms with Gasteiger partial charge in [-0.15, -0.1) is 0 Å². The average molecular weight is 276 g/mol. The van der Waals surface area contributed by atoms with Crippen molar-refractivity contribution in [3.05, 3.63) is 29.4 Å². The van der Waals surface area contributed by atoms with Gasteiger partial charge in [-0.3, -0.25) is 0 Å². The van der Waals surface area contributed by atoms with E-state index in [-0.39, 0.29) is 17.7 Å². The van der Waals surface area contributed by atoms with E-state index >= 15 is 0 Å². The van der Waals surface area contributed by atoms with Crippen LogP contribution in [0.15, 0.2) is 29.4 Å². The fourth-order valence-electron chi connectivity index (χ4n) is 2.23. The van der Waals surface area contributed by atoms with E-state index < -0.39 is 0 Å². The van der Waals surface area contributed by atoms with E-state index in [0.717, 1.165) is 29.9 Å². The molecule has 0 saturated carbocycles. The molecule has 0 atom stereocenters. The molecule has 2 rings (SSSR count). The summed E-state index contributed by atoms with van der Waals surface area (Å²) in [4.78, 5) is 7.81. The van der Waals surface area contributed by atoms with Crippen molar-refractivity contribution in [3.63, 3.8) is 0 Å². The van der Waals surface area contributed by atoms with Crippen LogP contribution in [0.1, 0.15) is 26.7 Å². The third-order valence-corrected chi connectivity index (χ3v) is 3.10. The Balaban J connectivity index is 2.36. The molecule has 0 saturated heterocycles. The first-order valence-corrected chi connectivity index (χ1v) is 6.56. The second-order valence-electron chi connectivity index (χ2n) is 4.88. The van der Waals surface area contributed by atoms with Crippen LogP contribution in [0.2, 0.25) is 0 Å². The number of anilines is 2. The Morgan fingerprint density at radius 1 is 1.30 bits per heavy atom. The second kappa shape index (κ2) is 5.81. The van der Waals surface area contributed by atoms with Gasteiger partial charge >= 0.3 is 0 Å². The van der Waals surface area contributed by atoms with Gasteiger partial charge < -0.3 is 20.9 Å². The predicted octanol–water partition coefficient (Wildman–Crippen LogP) is 2.25. The number of hydrogen-bond donors (Lipinski definition) is 2. The molecule has 6 nitrogen and oxygen atoms in total. The molecule has 6 heteroatoms. The van der Waals surface area contributed by atoms with Crippen LogP contribution in [0.3, 0.4) is 0 Å². The molecule has 1 aliphatic rings. The SMILES string of the molecule is COC1=CCCC(Oc2cnc(N)nc2N)=C1C(C)C. The molecule has 0 amide bonds. The molecule has 0 aliphatic heterocycles. The van der Waals surface area contributed by atoms with Gasteiger partial charge in [-0.05, 0) is 18.4 Å². The molecule has 0 unspecified atom stereocenters. The summed E-state index contributed by atoms with van der Waals surface area (Å²) in [5.74, 6) is 2.78. The first kappa shape index (κ1) is 14.2. The lowest BCUT2D eigenvalue weighted by atomic mass is 9.93. The highest BCUT2D eigenvalue weighted by molar-refractivity contribution is 5.48. The van der Waals surface area contributed by atoms with Crippen LogP contribution < -0.4 is 16.2 Å². The van der Waals surface area contributed by atoms with Gasteiger partial charge in [-0.25, -0.2) is 4.98 Å². The third kappa shape index (κ3) is 2.84. The first-order valence-electron chi connectivity index (χ1n) is 6.56. The lowest BCUT2D eigenvalue weighted by molar-refractivity contribution is 0.277. The zero-order valence-electron chi connectivity index (χ0n) is 12.0. The highest BCUT2D eigenvalue weighted by atomic mass is 16.5. The highest BCUT2D eigenvalue weighted by Gasteiger charge is 2.22. The van der Waals surface area contributed by atoms with Crippen LogP contribution in [-0.2, 0) is 4.74 Å². The summed E-state index contributed by atoms with van der Waals surface area (Å²) in [5, 5.41) is 0. The third-order valence-electron chi connectivity index (χ3n) is 3.10. The number of ether oxygens (including phenoxy) is 2. The van der Waals surface area contributed by atoms with Crippen LogP contribution >= 0.6 is 0 Å².